The molecule has 0 spiro atoms. The molecule has 0 heterocycles. The van der Waals surface area contributed by atoms with E-state index >= 15 is 0 Å². The minimum atomic E-state index is 0.129. The lowest BCUT2D eigenvalue weighted by Crippen LogP contribution is -2.18. The quantitative estimate of drug-likeness (QED) is 0.555. The van der Waals surface area contributed by atoms with Gasteiger partial charge >= 0.3 is 0 Å². The molecule has 1 atom stereocenters. The van der Waals surface area contributed by atoms with E-state index in [1.54, 1.807) is 0 Å². The van der Waals surface area contributed by atoms with Crippen molar-refractivity contribution in [3.8, 4) is 0 Å². The van der Waals surface area contributed by atoms with Gasteiger partial charge in [0.25, 0.3) is 0 Å². The molecule has 1 aliphatic carbocycles. The fraction of sp³-hybridized carbons (Fsp3) is 0.500. The first-order chi connectivity index (χ1) is 4.72. The van der Waals surface area contributed by atoms with E-state index in [0.717, 1.165) is 17.7 Å². The molecule has 1 aliphatic rings. The van der Waals surface area contributed by atoms with E-state index in [9.17, 15) is 0 Å². The third kappa shape index (κ3) is 1.64. The minimum Gasteiger partial charge on any atom is -0.324 e. The van der Waals surface area contributed by atoms with E-state index in [1.807, 2.05) is 6.92 Å². The number of hydrogen-bond donors (Lipinski definition) is 2. The van der Waals surface area contributed by atoms with Crippen molar-refractivity contribution in [2.75, 3.05) is 0 Å². The molecule has 56 valence electrons. The molecule has 0 radical (unpaired) electrons. The Hall–Kier alpha value is -0.210. The summed E-state index contributed by atoms with van der Waals surface area (Å²) >= 11 is 4.34. The molecule has 2 heteroatoms. The predicted octanol–water partition coefficient (Wildman–Crippen LogP) is 1.87. The van der Waals surface area contributed by atoms with Crippen LogP contribution < -0.4 is 5.73 Å². The zero-order chi connectivity index (χ0) is 7.56. The SMILES string of the molecule is CC(N)C1=C(S)CCC=C1. The average Bonchev–Trinajstić information content (AvgIpc) is 1.88. The van der Waals surface area contributed by atoms with Gasteiger partial charge < -0.3 is 5.73 Å². The smallest absolute Gasteiger partial charge is 0.0273 e. The van der Waals surface area contributed by atoms with Gasteiger partial charge in [-0.1, -0.05) is 12.2 Å². The summed E-state index contributed by atoms with van der Waals surface area (Å²) in [5.41, 5.74) is 6.89. The summed E-state index contributed by atoms with van der Waals surface area (Å²) in [6.07, 6.45) is 6.39. The van der Waals surface area contributed by atoms with Crippen LogP contribution in [0.3, 0.4) is 0 Å². The Morgan fingerprint density at radius 1 is 1.70 bits per heavy atom. The van der Waals surface area contributed by atoms with E-state index < -0.39 is 0 Å². The second kappa shape index (κ2) is 3.26. The summed E-state index contributed by atoms with van der Waals surface area (Å²) in [7, 11) is 0. The molecule has 1 rings (SSSR count). The molecule has 1 nitrogen and oxygen atoms in total. The normalized spacial score (nSPS) is 21.5. The van der Waals surface area contributed by atoms with Crippen molar-refractivity contribution in [3.63, 3.8) is 0 Å². The van der Waals surface area contributed by atoms with E-state index in [-0.39, 0.29) is 6.04 Å². The van der Waals surface area contributed by atoms with Gasteiger partial charge in [-0.15, -0.1) is 12.6 Å². The van der Waals surface area contributed by atoms with Crippen LogP contribution in [0.1, 0.15) is 19.8 Å². The van der Waals surface area contributed by atoms with E-state index in [2.05, 4.69) is 24.8 Å². The molecule has 0 aromatic rings. The number of thiol groups is 1. The van der Waals surface area contributed by atoms with Gasteiger partial charge in [0, 0.05) is 6.04 Å². The van der Waals surface area contributed by atoms with Crippen LogP contribution >= 0.6 is 12.6 Å². The van der Waals surface area contributed by atoms with Crippen LogP contribution in [0.15, 0.2) is 22.6 Å². The molecular formula is C8H13NS. The lowest BCUT2D eigenvalue weighted by molar-refractivity contribution is 0.850. The van der Waals surface area contributed by atoms with Crippen molar-refractivity contribution in [2.24, 2.45) is 5.73 Å². The average molecular weight is 155 g/mol. The van der Waals surface area contributed by atoms with Gasteiger partial charge in [-0.2, -0.15) is 0 Å². The lowest BCUT2D eigenvalue weighted by Gasteiger charge is -2.14. The Labute approximate surface area is 67.4 Å². The molecule has 0 saturated heterocycles. The maximum absolute atomic E-state index is 5.70. The molecule has 0 aromatic carbocycles. The van der Waals surface area contributed by atoms with Gasteiger partial charge in [0.1, 0.15) is 0 Å². The van der Waals surface area contributed by atoms with Crippen molar-refractivity contribution in [2.45, 2.75) is 25.8 Å². The number of nitrogens with two attached hydrogens (primary N) is 1. The fourth-order valence-corrected chi connectivity index (χ4v) is 1.49. The molecule has 0 saturated carbocycles. The van der Waals surface area contributed by atoms with Gasteiger partial charge in [-0.25, -0.2) is 0 Å². The molecule has 0 aliphatic heterocycles. The second-order valence-electron chi connectivity index (χ2n) is 2.63. The highest BCUT2D eigenvalue weighted by molar-refractivity contribution is 7.84. The van der Waals surface area contributed by atoms with Crippen LogP contribution in [-0.2, 0) is 0 Å². The molecule has 1 unspecified atom stereocenters. The first-order valence-electron chi connectivity index (χ1n) is 3.56. The third-order valence-electron chi connectivity index (χ3n) is 1.67. The van der Waals surface area contributed by atoms with E-state index in [1.165, 1.54) is 5.57 Å². The third-order valence-corrected chi connectivity index (χ3v) is 2.15. The van der Waals surface area contributed by atoms with Crippen molar-refractivity contribution >= 4 is 12.6 Å². The predicted molar refractivity (Wildman–Crippen MR) is 48.0 cm³/mol. The zero-order valence-corrected chi connectivity index (χ0v) is 7.07. The second-order valence-corrected chi connectivity index (χ2v) is 3.17. The molecule has 0 fully saturated rings. The highest BCUT2D eigenvalue weighted by Crippen LogP contribution is 2.23. The Bertz CT molecular complexity index is 180. The number of allylic oxidation sites excluding steroid dienone is 2. The lowest BCUT2D eigenvalue weighted by atomic mass is 10.0. The van der Waals surface area contributed by atoms with Crippen molar-refractivity contribution in [1.29, 1.82) is 0 Å². The zero-order valence-electron chi connectivity index (χ0n) is 6.17. The molecule has 0 aromatic heterocycles. The summed E-state index contributed by atoms with van der Waals surface area (Å²) in [6, 6.07) is 0.129. The number of hydrogen-bond acceptors (Lipinski definition) is 2. The molecule has 10 heavy (non-hydrogen) atoms. The topological polar surface area (TPSA) is 26.0 Å². The van der Waals surface area contributed by atoms with Gasteiger partial charge in [0.15, 0.2) is 0 Å². The van der Waals surface area contributed by atoms with Crippen LogP contribution in [0.5, 0.6) is 0 Å². The van der Waals surface area contributed by atoms with Crippen molar-refractivity contribution in [3.05, 3.63) is 22.6 Å². The van der Waals surface area contributed by atoms with E-state index in [4.69, 9.17) is 5.73 Å². The summed E-state index contributed by atoms with van der Waals surface area (Å²) in [5.74, 6) is 0. The maximum atomic E-state index is 5.70. The largest absolute Gasteiger partial charge is 0.324 e. The minimum absolute atomic E-state index is 0.129. The van der Waals surface area contributed by atoms with E-state index in [0.29, 0.717) is 0 Å². The van der Waals surface area contributed by atoms with Crippen molar-refractivity contribution < 1.29 is 0 Å². The van der Waals surface area contributed by atoms with Gasteiger partial charge in [-0.3, -0.25) is 0 Å². The number of rotatable bonds is 1. The molecule has 0 amide bonds. The molecular weight excluding hydrogens is 142 g/mol. The summed E-state index contributed by atoms with van der Waals surface area (Å²) < 4.78 is 0. The molecule has 0 bridgehead atoms. The Kier molecular flexibility index (Phi) is 2.57. The standard InChI is InChI=1S/C8H13NS/c1-6(9)7-4-2-3-5-8(7)10/h2,4,6,10H,3,5,9H2,1H3. The van der Waals surface area contributed by atoms with Crippen LogP contribution in [-0.4, -0.2) is 6.04 Å². The van der Waals surface area contributed by atoms with Crippen LogP contribution in [0, 0.1) is 0 Å². The van der Waals surface area contributed by atoms with Gasteiger partial charge in [0.05, 0.1) is 0 Å². The van der Waals surface area contributed by atoms with Gasteiger partial charge in [0.2, 0.25) is 0 Å². The summed E-state index contributed by atoms with van der Waals surface area (Å²) in [6.45, 7) is 1.99. The van der Waals surface area contributed by atoms with Gasteiger partial charge in [-0.05, 0) is 30.2 Å². The highest BCUT2D eigenvalue weighted by atomic mass is 32.1. The first kappa shape index (κ1) is 7.89. The Balaban J connectivity index is 2.79. The Morgan fingerprint density at radius 3 is 2.80 bits per heavy atom. The van der Waals surface area contributed by atoms with Crippen molar-refractivity contribution in [1.82, 2.24) is 0 Å². The summed E-state index contributed by atoms with van der Waals surface area (Å²) in [4.78, 5) is 1.15. The monoisotopic (exact) mass is 155 g/mol. The first-order valence-corrected chi connectivity index (χ1v) is 4.00. The van der Waals surface area contributed by atoms with Crippen LogP contribution in [0.25, 0.3) is 0 Å². The van der Waals surface area contributed by atoms with Crippen LogP contribution in [0.2, 0.25) is 0 Å². The fourth-order valence-electron chi connectivity index (χ4n) is 1.09. The van der Waals surface area contributed by atoms with Crippen LogP contribution in [0.4, 0.5) is 0 Å². The maximum Gasteiger partial charge on any atom is 0.0273 e. The molecule has 2 N–H and O–H groups in total. The highest BCUT2D eigenvalue weighted by Gasteiger charge is 2.07. The summed E-state index contributed by atoms with van der Waals surface area (Å²) in [5, 5.41) is 0. The Morgan fingerprint density at radius 2 is 2.40 bits per heavy atom.